The van der Waals surface area contributed by atoms with Crippen molar-refractivity contribution in [2.75, 3.05) is 13.7 Å². The number of rotatable bonds is 5. The van der Waals surface area contributed by atoms with E-state index in [2.05, 4.69) is 29.5 Å². The van der Waals surface area contributed by atoms with Crippen molar-refractivity contribution >= 4 is 22.9 Å². The molecule has 1 aromatic carbocycles. The maximum Gasteiger partial charge on any atom is 0.130 e. The second-order valence-electron chi connectivity index (χ2n) is 4.17. The molecule has 0 saturated heterocycles. The van der Waals surface area contributed by atoms with E-state index in [0.717, 1.165) is 28.6 Å². The monoisotopic (exact) mass is 296 g/mol. The number of nitrogens with zero attached hydrogens (tertiary/aromatic N) is 1. The predicted octanol–water partition coefficient (Wildman–Crippen LogP) is 4.14. The standard InChI is InChI=1S/C14H17ClN2OS/c1-4-16-9(2)11-8-19-14(17-11)13-10(15)6-5-7-12(13)18-3/h5-9,16H,4H2,1-3H3. The fraction of sp³-hybridized carbons (Fsp3) is 0.357. The maximum absolute atomic E-state index is 6.26. The van der Waals surface area contributed by atoms with E-state index in [1.807, 2.05) is 18.2 Å². The molecule has 0 radical (unpaired) electrons. The summed E-state index contributed by atoms with van der Waals surface area (Å²) in [5, 5.41) is 6.96. The summed E-state index contributed by atoms with van der Waals surface area (Å²) in [6.07, 6.45) is 0. The Hall–Kier alpha value is -1.10. The summed E-state index contributed by atoms with van der Waals surface area (Å²) in [4.78, 5) is 4.66. The first-order valence-corrected chi connectivity index (χ1v) is 7.44. The Balaban J connectivity index is 2.38. The van der Waals surface area contributed by atoms with Gasteiger partial charge in [0.05, 0.1) is 23.4 Å². The highest BCUT2D eigenvalue weighted by atomic mass is 35.5. The van der Waals surface area contributed by atoms with Gasteiger partial charge in [-0.25, -0.2) is 4.98 Å². The molecule has 1 heterocycles. The Morgan fingerprint density at radius 2 is 2.26 bits per heavy atom. The molecule has 102 valence electrons. The van der Waals surface area contributed by atoms with Gasteiger partial charge < -0.3 is 10.1 Å². The Morgan fingerprint density at radius 1 is 1.47 bits per heavy atom. The van der Waals surface area contributed by atoms with Crippen LogP contribution in [0.1, 0.15) is 25.6 Å². The van der Waals surface area contributed by atoms with Gasteiger partial charge in [0.15, 0.2) is 0 Å². The fourth-order valence-corrected chi connectivity index (χ4v) is 3.18. The molecule has 1 aromatic heterocycles. The van der Waals surface area contributed by atoms with Crippen LogP contribution in [0.2, 0.25) is 5.02 Å². The van der Waals surface area contributed by atoms with Crippen molar-refractivity contribution in [1.82, 2.24) is 10.3 Å². The van der Waals surface area contributed by atoms with Gasteiger partial charge in [0.1, 0.15) is 10.8 Å². The van der Waals surface area contributed by atoms with E-state index in [9.17, 15) is 0 Å². The molecule has 1 N–H and O–H groups in total. The quantitative estimate of drug-likeness (QED) is 0.900. The lowest BCUT2D eigenvalue weighted by atomic mass is 10.2. The molecule has 0 aliphatic rings. The number of nitrogens with one attached hydrogen (secondary N) is 1. The number of aromatic nitrogens is 1. The van der Waals surface area contributed by atoms with Crippen LogP contribution in [-0.2, 0) is 0 Å². The number of thiazole rings is 1. The molecule has 0 amide bonds. The first kappa shape index (κ1) is 14.3. The average molecular weight is 297 g/mol. The third-order valence-corrected chi connectivity index (χ3v) is 4.08. The number of hydrogen-bond acceptors (Lipinski definition) is 4. The Bertz CT molecular complexity index is 556. The minimum Gasteiger partial charge on any atom is -0.496 e. The van der Waals surface area contributed by atoms with E-state index < -0.39 is 0 Å². The topological polar surface area (TPSA) is 34.1 Å². The summed E-state index contributed by atoms with van der Waals surface area (Å²) in [6.45, 7) is 5.11. The Kier molecular flexibility index (Phi) is 4.80. The lowest BCUT2D eigenvalue weighted by Gasteiger charge is -2.09. The number of halogens is 1. The molecule has 0 spiro atoms. The Labute approximate surface area is 122 Å². The van der Waals surface area contributed by atoms with Crippen LogP contribution in [-0.4, -0.2) is 18.6 Å². The summed E-state index contributed by atoms with van der Waals surface area (Å²) in [6, 6.07) is 5.87. The number of hydrogen-bond donors (Lipinski definition) is 1. The van der Waals surface area contributed by atoms with Crippen molar-refractivity contribution in [2.24, 2.45) is 0 Å². The largest absolute Gasteiger partial charge is 0.496 e. The van der Waals surface area contributed by atoms with Crippen LogP contribution in [0, 0.1) is 0 Å². The third-order valence-electron chi connectivity index (χ3n) is 2.89. The van der Waals surface area contributed by atoms with Crippen LogP contribution in [0.5, 0.6) is 5.75 Å². The van der Waals surface area contributed by atoms with Crippen molar-refractivity contribution in [3.05, 3.63) is 34.3 Å². The van der Waals surface area contributed by atoms with Gasteiger partial charge in [-0.1, -0.05) is 24.6 Å². The maximum atomic E-state index is 6.26. The van der Waals surface area contributed by atoms with Crippen molar-refractivity contribution in [3.8, 4) is 16.3 Å². The number of ether oxygens (including phenoxy) is 1. The molecule has 2 rings (SSSR count). The van der Waals surface area contributed by atoms with Gasteiger partial charge in [-0.05, 0) is 25.6 Å². The van der Waals surface area contributed by atoms with Crippen LogP contribution in [0.25, 0.3) is 10.6 Å². The van der Waals surface area contributed by atoms with E-state index in [-0.39, 0.29) is 6.04 Å². The Morgan fingerprint density at radius 3 is 2.95 bits per heavy atom. The normalized spacial score (nSPS) is 12.4. The smallest absolute Gasteiger partial charge is 0.130 e. The van der Waals surface area contributed by atoms with Gasteiger partial charge in [-0.15, -0.1) is 11.3 Å². The highest BCUT2D eigenvalue weighted by Gasteiger charge is 2.16. The molecule has 0 aliphatic carbocycles. The molecule has 1 unspecified atom stereocenters. The van der Waals surface area contributed by atoms with Crippen molar-refractivity contribution in [1.29, 1.82) is 0 Å². The van der Waals surface area contributed by atoms with Crippen LogP contribution in [0.4, 0.5) is 0 Å². The molecule has 3 nitrogen and oxygen atoms in total. The lowest BCUT2D eigenvalue weighted by molar-refractivity contribution is 0.416. The molecule has 19 heavy (non-hydrogen) atoms. The molecule has 1 atom stereocenters. The SMILES string of the molecule is CCNC(C)c1csc(-c2c(Cl)cccc2OC)n1. The summed E-state index contributed by atoms with van der Waals surface area (Å²) in [7, 11) is 1.64. The summed E-state index contributed by atoms with van der Waals surface area (Å²) < 4.78 is 5.36. The van der Waals surface area contributed by atoms with Gasteiger partial charge in [0.25, 0.3) is 0 Å². The van der Waals surface area contributed by atoms with E-state index >= 15 is 0 Å². The molecule has 0 aliphatic heterocycles. The third kappa shape index (κ3) is 3.08. The highest BCUT2D eigenvalue weighted by Crippen LogP contribution is 2.38. The molecular formula is C14H17ClN2OS. The summed E-state index contributed by atoms with van der Waals surface area (Å²) in [5.41, 5.74) is 1.90. The zero-order valence-corrected chi connectivity index (χ0v) is 12.8. The predicted molar refractivity (Wildman–Crippen MR) is 81.2 cm³/mol. The number of benzene rings is 1. The van der Waals surface area contributed by atoms with E-state index in [4.69, 9.17) is 16.3 Å². The van der Waals surface area contributed by atoms with Crippen LogP contribution in [0.3, 0.4) is 0 Å². The zero-order chi connectivity index (χ0) is 13.8. The minimum absolute atomic E-state index is 0.239. The van der Waals surface area contributed by atoms with Crippen molar-refractivity contribution < 1.29 is 4.74 Å². The average Bonchev–Trinajstić information content (AvgIpc) is 2.88. The van der Waals surface area contributed by atoms with E-state index in [0.29, 0.717) is 5.02 Å². The van der Waals surface area contributed by atoms with Gasteiger partial charge in [0, 0.05) is 11.4 Å². The molecule has 5 heteroatoms. The molecule has 0 saturated carbocycles. The van der Waals surface area contributed by atoms with Crippen LogP contribution >= 0.6 is 22.9 Å². The van der Waals surface area contributed by atoms with Gasteiger partial charge in [-0.2, -0.15) is 0 Å². The zero-order valence-electron chi connectivity index (χ0n) is 11.2. The minimum atomic E-state index is 0.239. The summed E-state index contributed by atoms with van der Waals surface area (Å²) >= 11 is 7.85. The molecular weight excluding hydrogens is 280 g/mol. The van der Waals surface area contributed by atoms with Crippen molar-refractivity contribution in [3.63, 3.8) is 0 Å². The molecule has 2 aromatic rings. The molecule has 0 bridgehead atoms. The fourth-order valence-electron chi connectivity index (χ4n) is 1.89. The van der Waals surface area contributed by atoms with E-state index in [1.54, 1.807) is 18.4 Å². The number of methoxy groups -OCH3 is 1. The van der Waals surface area contributed by atoms with Gasteiger partial charge >= 0.3 is 0 Å². The summed E-state index contributed by atoms with van der Waals surface area (Å²) in [5.74, 6) is 0.754. The first-order chi connectivity index (χ1) is 9.17. The van der Waals surface area contributed by atoms with Crippen LogP contribution in [0.15, 0.2) is 23.6 Å². The van der Waals surface area contributed by atoms with Gasteiger partial charge in [0.2, 0.25) is 0 Å². The van der Waals surface area contributed by atoms with E-state index in [1.165, 1.54) is 0 Å². The second-order valence-corrected chi connectivity index (χ2v) is 5.44. The first-order valence-electron chi connectivity index (χ1n) is 6.19. The second kappa shape index (κ2) is 6.37. The van der Waals surface area contributed by atoms with Crippen molar-refractivity contribution in [2.45, 2.75) is 19.9 Å². The van der Waals surface area contributed by atoms with Gasteiger partial charge in [-0.3, -0.25) is 0 Å². The lowest BCUT2D eigenvalue weighted by Crippen LogP contribution is -2.17. The van der Waals surface area contributed by atoms with Crippen LogP contribution < -0.4 is 10.1 Å². The molecule has 0 fully saturated rings. The highest BCUT2D eigenvalue weighted by molar-refractivity contribution is 7.13.